The largest absolute Gasteiger partial charge is 0.369 e. The number of nitrogens with one attached hydrogen (secondary N) is 2. The van der Waals surface area contributed by atoms with Gasteiger partial charge in [-0.3, -0.25) is 0 Å². The molecule has 2 aromatic carbocycles. The predicted molar refractivity (Wildman–Crippen MR) is 131 cm³/mol. The van der Waals surface area contributed by atoms with Gasteiger partial charge in [0.15, 0.2) is 5.96 Å². The van der Waals surface area contributed by atoms with Crippen LogP contribution in [0.5, 0.6) is 0 Å². The lowest BCUT2D eigenvalue weighted by atomic mass is 10.3. The number of halogens is 1. The number of hydrogen-bond donors (Lipinski definition) is 2. The van der Waals surface area contributed by atoms with Crippen molar-refractivity contribution in [2.75, 3.05) is 24.5 Å². The monoisotopic (exact) mass is 504 g/mol. The van der Waals surface area contributed by atoms with Gasteiger partial charge >= 0.3 is 0 Å². The fraction of sp³-hybridized carbons (Fsp3) is 0.364. The zero-order chi connectivity index (χ0) is 19.3. The number of para-hydroxylation sites is 3. The molecular formula is C22H29IN6. The number of aromatic nitrogens is 2. The van der Waals surface area contributed by atoms with Crippen LogP contribution in [-0.4, -0.2) is 41.2 Å². The third-order valence-corrected chi connectivity index (χ3v) is 5.25. The molecule has 0 radical (unpaired) electrons. The van der Waals surface area contributed by atoms with Crippen molar-refractivity contribution in [2.45, 2.75) is 25.9 Å². The zero-order valence-electron chi connectivity index (χ0n) is 17.0. The third kappa shape index (κ3) is 5.01. The molecule has 29 heavy (non-hydrogen) atoms. The molecule has 1 aliphatic heterocycles. The Morgan fingerprint density at radius 3 is 2.66 bits per heavy atom. The Morgan fingerprint density at radius 1 is 1.14 bits per heavy atom. The SMILES string of the molecule is CCNC(=NCc1nc2ccccc2n1C)NC1CCN(c2ccccc2)C1.I. The van der Waals surface area contributed by atoms with E-state index in [9.17, 15) is 0 Å². The molecule has 6 nitrogen and oxygen atoms in total. The predicted octanol–water partition coefficient (Wildman–Crippen LogP) is 3.53. The van der Waals surface area contributed by atoms with Crippen LogP contribution in [0, 0.1) is 0 Å². The summed E-state index contributed by atoms with van der Waals surface area (Å²) in [6, 6.07) is 19.2. The summed E-state index contributed by atoms with van der Waals surface area (Å²) in [5.74, 6) is 1.82. The number of hydrogen-bond acceptors (Lipinski definition) is 3. The summed E-state index contributed by atoms with van der Waals surface area (Å²) in [4.78, 5) is 11.9. The van der Waals surface area contributed by atoms with Gasteiger partial charge in [-0.05, 0) is 37.6 Å². The number of guanidine groups is 1. The van der Waals surface area contributed by atoms with Crippen LogP contribution >= 0.6 is 24.0 Å². The molecule has 2 N–H and O–H groups in total. The lowest BCUT2D eigenvalue weighted by molar-refractivity contribution is 0.647. The summed E-state index contributed by atoms with van der Waals surface area (Å²) in [5, 5.41) is 6.97. The molecule has 4 rings (SSSR count). The van der Waals surface area contributed by atoms with Gasteiger partial charge in [0.1, 0.15) is 12.4 Å². The molecular weight excluding hydrogens is 475 g/mol. The summed E-state index contributed by atoms with van der Waals surface area (Å²) in [5.41, 5.74) is 3.44. The van der Waals surface area contributed by atoms with Gasteiger partial charge in [0.2, 0.25) is 0 Å². The Morgan fingerprint density at radius 2 is 1.90 bits per heavy atom. The number of fused-ring (bicyclic) bond motifs is 1. The molecule has 2 heterocycles. The first-order chi connectivity index (χ1) is 13.7. The summed E-state index contributed by atoms with van der Waals surface area (Å²) in [6.07, 6.45) is 1.10. The number of benzene rings is 2. The summed E-state index contributed by atoms with van der Waals surface area (Å²) in [6.45, 7) is 5.53. The van der Waals surface area contributed by atoms with E-state index in [2.05, 4.69) is 70.5 Å². The number of rotatable bonds is 5. The van der Waals surface area contributed by atoms with E-state index in [1.54, 1.807) is 0 Å². The Hall–Kier alpha value is -2.29. The number of aryl methyl sites for hydroxylation is 1. The lowest BCUT2D eigenvalue weighted by Crippen LogP contribution is -2.44. The minimum absolute atomic E-state index is 0. The minimum atomic E-state index is 0. The molecule has 0 spiro atoms. The molecule has 1 aromatic heterocycles. The van der Waals surface area contributed by atoms with E-state index in [4.69, 9.17) is 9.98 Å². The average molecular weight is 504 g/mol. The molecule has 0 amide bonds. The van der Waals surface area contributed by atoms with Crippen LogP contribution < -0.4 is 15.5 Å². The second-order valence-electron chi connectivity index (χ2n) is 7.18. The first-order valence-electron chi connectivity index (χ1n) is 9.99. The third-order valence-electron chi connectivity index (χ3n) is 5.25. The highest BCUT2D eigenvalue weighted by atomic mass is 127. The van der Waals surface area contributed by atoms with Gasteiger partial charge in [-0.2, -0.15) is 0 Å². The Bertz CT molecular complexity index is 952. The van der Waals surface area contributed by atoms with Crippen molar-refractivity contribution >= 4 is 46.7 Å². The Labute approximate surface area is 189 Å². The average Bonchev–Trinajstić information content (AvgIpc) is 3.32. The highest BCUT2D eigenvalue weighted by Gasteiger charge is 2.23. The van der Waals surface area contributed by atoms with Crippen LogP contribution in [0.25, 0.3) is 11.0 Å². The normalized spacial score (nSPS) is 16.7. The molecule has 0 saturated carbocycles. The smallest absolute Gasteiger partial charge is 0.191 e. The molecule has 0 aliphatic carbocycles. The van der Waals surface area contributed by atoms with Crippen LogP contribution in [0.4, 0.5) is 5.69 Å². The number of aliphatic imine (C=N–C) groups is 1. The molecule has 1 atom stereocenters. The maximum absolute atomic E-state index is 4.79. The molecule has 1 unspecified atom stereocenters. The summed E-state index contributed by atoms with van der Waals surface area (Å²) < 4.78 is 2.12. The summed E-state index contributed by atoms with van der Waals surface area (Å²) in [7, 11) is 2.05. The molecule has 3 aromatic rings. The fourth-order valence-electron chi connectivity index (χ4n) is 3.75. The first kappa shape index (κ1) is 21.4. The maximum atomic E-state index is 4.79. The van der Waals surface area contributed by atoms with E-state index in [0.29, 0.717) is 12.6 Å². The van der Waals surface area contributed by atoms with E-state index in [-0.39, 0.29) is 24.0 Å². The van der Waals surface area contributed by atoms with Gasteiger partial charge in [-0.1, -0.05) is 30.3 Å². The number of nitrogens with zero attached hydrogens (tertiary/aromatic N) is 4. The van der Waals surface area contributed by atoms with E-state index >= 15 is 0 Å². The van der Waals surface area contributed by atoms with E-state index in [1.165, 1.54) is 5.69 Å². The maximum Gasteiger partial charge on any atom is 0.191 e. The second-order valence-corrected chi connectivity index (χ2v) is 7.18. The minimum Gasteiger partial charge on any atom is -0.369 e. The van der Waals surface area contributed by atoms with Gasteiger partial charge in [0.25, 0.3) is 0 Å². The highest BCUT2D eigenvalue weighted by Crippen LogP contribution is 2.19. The van der Waals surface area contributed by atoms with Crippen LogP contribution in [0.2, 0.25) is 0 Å². The highest BCUT2D eigenvalue weighted by molar-refractivity contribution is 14.0. The molecule has 7 heteroatoms. The molecule has 154 valence electrons. The van der Waals surface area contributed by atoms with E-state index in [1.807, 2.05) is 18.2 Å². The van der Waals surface area contributed by atoms with Crippen LogP contribution in [0.15, 0.2) is 59.6 Å². The molecule has 1 saturated heterocycles. The van der Waals surface area contributed by atoms with Crippen molar-refractivity contribution in [3.63, 3.8) is 0 Å². The number of anilines is 1. The second kappa shape index (κ2) is 9.96. The molecule has 1 fully saturated rings. The van der Waals surface area contributed by atoms with Crippen LogP contribution in [-0.2, 0) is 13.6 Å². The molecule has 1 aliphatic rings. The summed E-state index contributed by atoms with van der Waals surface area (Å²) >= 11 is 0. The van der Waals surface area contributed by atoms with Gasteiger partial charge in [-0.25, -0.2) is 9.98 Å². The van der Waals surface area contributed by atoms with Crippen molar-refractivity contribution < 1.29 is 0 Å². The van der Waals surface area contributed by atoms with Crippen LogP contribution in [0.1, 0.15) is 19.2 Å². The number of imidazole rings is 1. The van der Waals surface area contributed by atoms with Gasteiger partial charge in [0, 0.05) is 38.4 Å². The van der Waals surface area contributed by atoms with Gasteiger partial charge < -0.3 is 20.1 Å². The first-order valence-corrected chi connectivity index (χ1v) is 9.99. The molecule has 0 bridgehead atoms. The van der Waals surface area contributed by atoms with Crippen molar-refractivity contribution in [3.05, 3.63) is 60.4 Å². The lowest BCUT2D eigenvalue weighted by Gasteiger charge is -2.20. The van der Waals surface area contributed by atoms with Crippen LogP contribution in [0.3, 0.4) is 0 Å². The van der Waals surface area contributed by atoms with Crippen molar-refractivity contribution in [1.29, 1.82) is 0 Å². The van der Waals surface area contributed by atoms with E-state index in [0.717, 1.165) is 48.9 Å². The van der Waals surface area contributed by atoms with Gasteiger partial charge in [0.05, 0.1) is 11.0 Å². The Kier molecular flexibility index (Phi) is 7.35. The van der Waals surface area contributed by atoms with Crippen molar-refractivity contribution in [2.24, 2.45) is 12.0 Å². The quantitative estimate of drug-likeness (QED) is 0.317. The standard InChI is InChI=1S/C22H28N6.HI/c1-3-23-22(24-15-21-26-19-11-7-8-12-20(19)27(21)2)25-17-13-14-28(16-17)18-9-5-4-6-10-18;/h4-12,17H,3,13-16H2,1-2H3,(H2,23,24,25);1H. The van der Waals surface area contributed by atoms with Crippen molar-refractivity contribution in [3.8, 4) is 0 Å². The Balaban J connectivity index is 0.00000240. The van der Waals surface area contributed by atoms with E-state index < -0.39 is 0 Å². The topological polar surface area (TPSA) is 57.5 Å². The fourth-order valence-corrected chi connectivity index (χ4v) is 3.75. The zero-order valence-corrected chi connectivity index (χ0v) is 19.3. The van der Waals surface area contributed by atoms with Gasteiger partial charge in [-0.15, -0.1) is 24.0 Å². The van der Waals surface area contributed by atoms with Crippen molar-refractivity contribution in [1.82, 2.24) is 20.2 Å².